The zero-order valence-electron chi connectivity index (χ0n) is 15.1. The van der Waals surface area contributed by atoms with Gasteiger partial charge in [0, 0.05) is 16.7 Å². The highest BCUT2D eigenvalue weighted by atomic mass is 35.5. The third kappa shape index (κ3) is 3.09. The van der Waals surface area contributed by atoms with Crippen molar-refractivity contribution in [2.24, 2.45) is 5.41 Å². The average molecular weight is 407 g/mol. The van der Waals surface area contributed by atoms with E-state index >= 15 is 0 Å². The van der Waals surface area contributed by atoms with E-state index in [9.17, 15) is 4.79 Å². The van der Waals surface area contributed by atoms with Crippen molar-refractivity contribution in [1.82, 2.24) is 0 Å². The number of anilines is 2. The van der Waals surface area contributed by atoms with Crippen LogP contribution in [0.4, 0.5) is 11.4 Å². The summed E-state index contributed by atoms with van der Waals surface area (Å²) >= 11 is 12.1. The Balaban J connectivity index is 1.74. The zero-order valence-corrected chi connectivity index (χ0v) is 16.6. The quantitative estimate of drug-likeness (QED) is 0.752. The van der Waals surface area contributed by atoms with Gasteiger partial charge in [-0.3, -0.25) is 4.79 Å². The number of fused-ring (bicyclic) bond motifs is 2. The van der Waals surface area contributed by atoms with Crippen molar-refractivity contribution in [3.05, 3.63) is 57.6 Å². The van der Waals surface area contributed by atoms with Crippen molar-refractivity contribution in [2.75, 3.05) is 23.8 Å². The summed E-state index contributed by atoms with van der Waals surface area (Å²) in [4.78, 5) is 15.0. The number of nitrogen functional groups attached to an aromatic ring is 1. The summed E-state index contributed by atoms with van der Waals surface area (Å²) in [5.41, 5.74) is 8.59. The van der Waals surface area contributed by atoms with E-state index in [1.165, 1.54) is 0 Å². The number of nitrogens with zero attached hydrogens (tertiary/aromatic N) is 1. The van der Waals surface area contributed by atoms with Crippen molar-refractivity contribution in [1.29, 1.82) is 0 Å². The molecule has 0 saturated carbocycles. The van der Waals surface area contributed by atoms with Crippen molar-refractivity contribution in [3.8, 4) is 0 Å². The first-order chi connectivity index (χ1) is 12.7. The van der Waals surface area contributed by atoms with Gasteiger partial charge in [0.25, 0.3) is 11.7 Å². The minimum atomic E-state index is -1.45. The molecule has 27 heavy (non-hydrogen) atoms. The highest BCUT2D eigenvalue weighted by molar-refractivity contribution is 6.42. The molecule has 0 bridgehead atoms. The Morgan fingerprint density at radius 3 is 2.44 bits per heavy atom. The van der Waals surface area contributed by atoms with Gasteiger partial charge < -0.3 is 20.1 Å². The molecule has 1 amide bonds. The minimum absolute atomic E-state index is 0.164. The number of nitrogens with two attached hydrogens (primary N) is 1. The predicted molar refractivity (Wildman–Crippen MR) is 106 cm³/mol. The lowest BCUT2D eigenvalue weighted by atomic mass is 9.93. The average Bonchev–Trinajstić information content (AvgIpc) is 2.83. The van der Waals surface area contributed by atoms with Crippen LogP contribution in [0.2, 0.25) is 10.0 Å². The van der Waals surface area contributed by atoms with Gasteiger partial charge in [0.15, 0.2) is 0 Å². The molecule has 1 fully saturated rings. The maximum absolute atomic E-state index is 13.4. The van der Waals surface area contributed by atoms with E-state index in [2.05, 4.69) is 0 Å². The van der Waals surface area contributed by atoms with Crippen LogP contribution in [0.15, 0.2) is 36.4 Å². The number of ether oxygens (including phenoxy) is 2. The Hall–Kier alpha value is -1.79. The summed E-state index contributed by atoms with van der Waals surface area (Å²) in [5, 5.41) is 0.916. The van der Waals surface area contributed by atoms with E-state index in [1.54, 1.807) is 29.2 Å². The van der Waals surface area contributed by atoms with Crippen LogP contribution >= 0.6 is 23.2 Å². The van der Waals surface area contributed by atoms with Crippen LogP contribution in [0, 0.1) is 5.41 Å². The number of carbonyl (C=O) groups excluding carboxylic acids is 1. The molecule has 0 aromatic heterocycles. The lowest BCUT2D eigenvalue weighted by Gasteiger charge is -2.40. The molecule has 2 aromatic rings. The fourth-order valence-electron chi connectivity index (χ4n) is 3.39. The van der Waals surface area contributed by atoms with E-state index < -0.39 is 5.79 Å². The molecule has 0 aliphatic carbocycles. The first kappa shape index (κ1) is 18.6. The summed E-state index contributed by atoms with van der Waals surface area (Å²) in [6, 6.07) is 10.6. The number of hydrogen-bond donors (Lipinski definition) is 1. The number of halogens is 2. The van der Waals surface area contributed by atoms with Crippen LogP contribution in [-0.2, 0) is 26.6 Å². The van der Waals surface area contributed by atoms with Crippen LogP contribution in [-0.4, -0.2) is 19.1 Å². The number of amides is 1. The van der Waals surface area contributed by atoms with Crippen LogP contribution in [0.5, 0.6) is 0 Å². The maximum Gasteiger partial charge on any atom is 0.292 e. The second kappa shape index (κ2) is 6.38. The molecular weight excluding hydrogens is 387 g/mol. The molecule has 1 spiro atoms. The molecule has 4 rings (SSSR count). The van der Waals surface area contributed by atoms with E-state index in [-0.39, 0.29) is 11.3 Å². The molecule has 0 unspecified atom stereocenters. The summed E-state index contributed by atoms with van der Waals surface area (Å²) < 4.78 is 12.1. The van der Waals surface area contributed by atoms with Crippen LogP contribution in [0.1, 0.15) is 25.0 Å². The Labute approximate surface area is 167 Å². The fourth-order valence-corrected chi connectivity index (χ4v) is 3.71. The summed E-state index contributed by atoms with van der Waals surface area (Å²) in [6.07, 6.45) is 0. The second-order valence-corrected chi connectivity index (χ2v) is 8.59. The van der Waals surface area contributed by atoms with Gasteiger partial charge in [-0.25, -0.2) is 0 Å². The highest BCUT2D eigenvalue weighted by Crippen LogP contribution is 2.48. The minimum Gasteiger partial charge on any atom is -0.399 e. The molecule has 0 radical (unpaired) electrons. The lowest BCUT2D eigenvalue weighted by Crippen LogP contribution is -2.51. The van der Waals surface area contributed by atoms with Gasteiger partial charge in [-0.05, 0) is 35.9 Å². The smallest absolute Gasteiger partial charge is 0.292 e. The number of carbonyl (C=O) groups is 1. The Morgan fingerprint density at radius 2 is 1.78 bits per heavy atom. The number of benzene rings is 2. The molecule has 5 nitrogen and oxygen atoms in total. The second-order valence-electron chi connectivity index (χ2n) is 7.77. The van der Waals surface area contributed by atoms with Gasteiger partial charge in [0.05, 0.1) is 35.5 Å². The topological polar surface area (TPSA) is 64.8 Å². The van der Waals surface area contributed by atoms with Crippen LogP contribution in [0.3, 0.4) is 0 Å². The van der Waals surface area contributed by atoms with E-state index in [4.69, 9.17) is 38.4 Å². The summed E-state index contributed by atoms with van der Waals surface area (Å²) in [7, 11) is 0. The molecule has 2 heterocycles. The van der Waals surface area contributed by atoms with Crippen LogP contribution in [0.25, 0.3) is 0 Å². The zero-order chi connectivity index (χ0) is 19.4. The first-order valence-electron chi connectivity index (χ1n) is 8.66. The van der Waals surface area contributed by atoms with Gasteiger partial charge in [-0.1, -0.05) is 43.1 Å². The largest absolute Gasteiger partial charge is 0.399 e. The lowest BCUT2D eigenvalue weighted by molar-refractivity contribution is -0.286. The fraction of sp³-hybridized carbons (Fsp3) is 0.350. The van der Waals surface area contributed by atoms with Gasteiger partial charge in [0.1, 0.15) is 0 Å². The standard InChI is InChI=1S/C20H20Cl2N2O3/c1-19(2)10-26-20(27-11-19)14-8-13(23)4-6-17(14)24(18(20)25)9-12-3-5-15(21)16(22)7-12/h3-8H,9-11,23H2,1-2H3. The predicted octanol–water partition coefficient (Wildman–Crippen LogP) is 4.35. The molecule has 7 heteroatoms. The normalized spacial score (nSPS) is 20.1. The third-order valence-corrected chi connectivity index (χ3v) is 5.59. The Bertz CT molecular complexity index is 919. The highest BCUT2D eigenvalue weighted by Gasteiger charge is 2.56. The van der Waals surface area contributed by atoms with Gasteiger partial charge >= 0.3 is 0 Å². The summed E-state index contributed by atoms with van der Waals surface area (Å²) in [5.74, 6) is -1.71. The molecule has 2 aliphatic rings. The summed E-state index contributed by atoms with van der Waals surface area (Å²) in [6.45, 7) is 5.21. The van der Waals surface area contributed by atoms with E-state index in [0.29, 0.717) is 41.1 Å². The maximum atomic E-state index is 13.4. The van der Waals surface area contributed by atoms with Crippen molar-refractivity contribution < 1.29 is 14.3 Å². The third-order valence-electron chi connectivity index (χ3n) is 4.85. The Kier molecular flexibility index (Phi) is 4.39. The molecular formula is C20H20Cl2N2O3. The van der Waals surface area contributed by atoms with Crippen molar-refractivity contribution in [3.63, 3.8) is 0 Å². The van der Waals surface area contributed by atoms with Crippen molar-refractivity contribution >= 4 is 40.5 Å². The molecule has 0 atom stereocenters. The van der Waals surface area contributed by atoms with Crippen LogP contribution < -0.4 is 10.6 Å². The van der Waals surface area contributed by atoms with E-state index in [1.807, 2.05) is 26.0 Å². The molecule has 142 valence electrons. The number of hydrogen-bond acceptors (Lipinski definition) is 4. The van der Waals surface area contributed by atoms with Gasteiger partial charge in [-0.15, -0.1) is 0 Å². The van der Waals surface area contributed by atoms with Gasteiger partial charge in [0.2, 0.25) is 0 Å². The Morgan fingerprint density at radius 1 is 1.07 bits per heavy atom. The molecule has 2 aliphatic heterocycles. The number of rotatable bonds is 2. The monoisotopic (exact) mass is 406 g/mol. The van der Waals surface area contributed by atoms with Crippen molar-refractivity contribution in [2.45, 2.75) is 26.2 Å². The molecule has 2 aromatic carbocycles. The molecule has 1 saturated heterocycles. The SMILES string of the molecule is CC1(C)COC2(OC1)C(=O)N(Cc1ccc(Cl)c(Cl)c1)c1ccc(N)cc12. The molecule has 2 N–H and O–H groups in total. The first-order valence-corrected chi connectivity index (χ1v) is 9.41. The van der Waals surface area contributed by atoms with Gasteiger partial charge in [-0.2, -0.15) is 0 Å². The van der Waals surface area contributed by atoms with E-state index in [0.717, 1.165) is 11.3 Å².